The summed E-state index contributed by atoms with van der Waals surface area (Å²) in [4.78, 5) is 2.67. The maximum atomic E-state index is 9.42. The van der Waals surface area contributed by atoms with Gasteiger partial charge >= 0.3 is 0 Å². The Labute approximate surface area is 107 Å². The summed E-state index contributed by atoms with van der Waals surface area (Å²) in [6.07, 6.45) is 8.82. The van der Waals surface area contributed by atoms with Gasteiger partial charge in [-0.15, -0.1) is 0 Å². The Bertz CT molecular complexity index is 199. The monoisotopic (exact) mass is 241 g/mol. The van der Waals surface area contributed by atoms with Crippen molar-refractivity contribution in [3.63, 3.8) is 0 Å². The van der Waals surface area contributed by atoms with Crippen LogP contribution < -0.4 is 0 Å². The van der Waals surface area contributed by atoms with Gasteiger partial charge < -0.3 is 5.11 Å². The van der Waals surface area contributed by atoms with E-state index in [0.717, 1.165) is 6.54 Å². The van der Waals surface area contributed by atoms with E-state index in [9.17, 15) is 5.11 Å². The predicted octanol–water partition coefficient (Wildman–Crippen LogP) is 3.58. The molecule has 1 aliphatic heterocycles. The molecular formula is C15H31NO. The number of likely N-dealkylation sites (tertiary alicyclic amines) is 1. The minimum atomic E-state index is 0.295. The Hall–Kier alpha value is -0.0800. The van der Waals surface area contributed by atoms with Crippen LogP contribution in [0.5, 0.6) is 0 Å². The molecular weight excluding hydrogens is 210 g/mol. The topological polar surface area (TPSA) is 23.5 Å². The summed E-state index contributed by atoms with van der Waals surface area (Å²) in [5.41, 5.74) is 0.681. The third kappa shape index (κ3) is 2.53. The molecule has 17 heavy (non-hydrogen) atoms. The van der Waals surface area contributed by atoms with Crippen LogP contribution in [0.1, 0.15) is 72.6 Å². The summed E-state index contributed by atoms with van der Waals surface area (Å²) in [7, 11) is 0. The standard InChI is InChI=1S/C15H31NO/c1-5-14(6-2)10-9-11-15(7-3,8-4)16(14)12-13-17/h17H,5-13H2,1-4H3. The highest BCUT2D eigenvalue weighted by atomic mass is 16.3. The molecule has 0 spiro atoms. The van der Waals surface area contributed by atoms with Crippen molar-refractivity contribution in [3.8, 4) is 0 Å². The number of β-amino-alcohol motifs (C(OH)–C–C–N with tert-alkyl or cyclic N) is 1. The van der Waals surface area contributed by atoms with Gasteiger partial charge in [0.1, 0.15) is 0 Å². The first-order valence-corrected chi connectivity index (χ1v) is 7.53. The Morgan fingerprint density at radius 1 is 0.882 bits per heavy atom. The third-order valence-corrected chi connectivity index (χ3v) is 5.39. The first-order valence-electron chi connectivity index (χ1n) is 7.53. The van der Waals surface area contributed by atoms with Crippen LogP contribution in [0, 0.1) is 0 Å². The minimum absolute atomic E-state index is 0.295. The Balaban J connectivity index is 3.06. The number of piperidine rings is 1. The van der Waals surface area contributed by atoms with E-state index in [-0.39, 0.29) is 0 Å². The second kappa shape index (κ2) is 6.19. The number of aliphatic hydroxyl groups is 1. The van der Waals surface area contributed by atoms with Gasteiger partial charge in [-0.05, 0) is 44.9 Å². The van der Waals surface area contributed by atoms with Crippen molar-refractivity contribution in [1.29, 1.82) is 0 Å². The average molecular weight is 241 g/mol. The van der Waals surface area contributed by atoms with Crippen LogP contribution in [0.4, 0.5) is 0 Å². The van der Waals surface area contributed by atoms with Crippen molar-refractivity contribution in [2.24, 2.45) is 0 Å². The average Bonchev–Trinajstić information content (AvgIpc) is 2.40. The fourth-order valence-electron chi connectivity index (χ4n) is 4.06. The van der Waals surface area contributed by atoms with Gasteiger partial charge in [0, 0.05) is 17.6 Å². The molecule has 0 aromatic heterocycles. The second-order valence-corrected chi connectivity index (χ2v) is 5.59. The van der Waals surface area contributed by atoms with Crippen LogP contribution in [0.15, 0.2) is 0 Å². The van der Waals surface area contributed by atoms with Gasteiger partial charge in [-0.1, -0.05) is 27.7 Å². The van der Waals surface area contributed by atoms with Gasteiger partial charge in [0.15, 0.2) is 0 Å². The van der Waals surface area contributed by atoms with Crippen LogP contribution in [0.3, 0.4) is 0 Å². The van der Waals surface area contributed by atoms with Crippen molar-refractivity contribution in [1.82, 2.24) is 4.90 Å². The van der Waals surface area contributed by atoms with Gasteiger partial charge in [0.25, 0.3) is 0 Å². The summed E-state index contributed by atoms with van der Waals surface area (Å²) < 4.78 is 0. The molecule has 0 bridgehead atoms. The highest BCUT2D eigenvalue weighted by Gasteiger charge is 2.47. The number of nitrogens with zero attached hydrogens (tertiary/aromatic N) is 1. The molecule has 0 radical (unpaired) electrons. The third-order valence-electron chi connectivity index (χ3n) is 5.39. The van der Waals surface area contributed by atoms with E-state index in [2.05, 4.69) is 32.6 Å². The molecule has 0 unspecified atom stereocenters. The van der Waals surface area contributed by atoms with Gasteiger partial charge in [-0.25, -0.2) is 0 Å². The van der Waals surface area contributed by atoms with E-state index in [1.807, 2.05) is 0 Å². The molecule has 1 fully saturated rings. The summed E-state index contributed by atoms with van der Waals surface area (Å²) in [6.45, 7) is 10.4. The molecule has 0 aromatic rings. The van der Waals surface area contributed by atoms with Crippen LogP contribution >= 0.6 is 0 Å². The SMILES string of the molecule is CCC1(CC)CCCC(CC)(CC)N1CCO. The molecule has 102 valence electrons. The fraction of sp³-hybridized carbons (Fsp3) is 1.00. The molecule has 1 aliphatic rings. The molecule has 1 N–H and O–H groups in total. The zero-order valence-corrected chi connectivity index (χ0v) is 12.3. The van der Waals surface area contributed by atoms with E-state index in [1.165, 1.54) is 44.9 Å². The van der Waals surface area contributed by atoms with Crippen molar-refractivity contribution >= 4 is 0 Å². The molecule has 1 rings (SSSR count). The molecule has 0 aliphatic carbocycles. The first-order chi connectivity index (χ1) is 8.14. The van der Waals surface area contributed by atoms with Crippen molar-refractivity contribution in [2.75, 3.05) is 13.2 Å². The van der Waals surface area contributed by atoms with Crippen molar-refractivity contribution in [2.45, 2.75) is 83.7 Å². The van der Waals surface area contributed by atoms with Crippen LogP contribution in [0.25, 0.3) is 0 Å². The van der Waals surface area contributed by atoms with Crippen LogP contribution in [-0.4, -0.2) is 34.2 Å². The lowest BCUT2D eigenvalue weighted by molar-refractivity contribution is -0.0812. The largest absolute Gasteiger partial charge is 0.395 e. The summed E-state index contributed by atoms with van der Waals surface area (Å²) in [5.74, 6) is 0. The number of hydrogen-bond donors (Lipinski definition) is 1. The lowest BCUT2D eigenvalue weighted by atomic mass is 9.71. The predicted molar refractivity (Wildman–Crippen MR) is 74.3 cm³/mol. The second-order valence-electron chi connectivity index (χ2n) is 5.59. The van der Waals surface area contributed by atoms with E-state index < -0.39 is 0 Å². The van der Waals surface area contributed by atoms with Crippen LogP contribution in [-0.2, 0) is 0 Å². The molecule has 0 amide bonds. The molecule has 2 heteroatoms. The number of aliphatic hydroxyl groups excluding tert-OH is 1. The maximum absolute atomic E-state index is 9.42. The Morgan fingerprint density at radius 3 is 1.59 bits per heavy atom. The normalized spacial score (nSPS) is 23.8. The molecule has 0 aromatic carbocycles. The first kappa shape index (κ1) is 15.0. The lowest BCUT2D eigenvalue weighted by Gasteiger charge is -2.58. The summed E-state index contributed by atoms with van der Waals surface area (Å²) in [5, 5.41) is 9.42. The van der Waals surface area contributed by atoms with Gasteiger partial charge in [-0.3, -0.25) is 4.90 Å². The van der Waals surface area contributed by atoms with Crippen molar-refractivity contribution < 1.29 is 5.11 Å². The van der Waals surface area contributed by atoms with Gasteiger partial charge in [-0.2, -0.15) is 0 Å². The van der Waals surface area contributed by atoms with Gasteiger partial charge in [0.05, 0.1) is 6.61 Å². The molecule has 0 saturated carbocycles. The molecule has 1 saturated heterocycles. The summed E-state index contributed by atoms with van der Waals surface area (Å²) >= 11 is 0. The Kier molecular flexibility index (Phi) is 5.46. The highest BCUT2D eigenvalue weighted by molar-refractivity contribution is 5.03. The van der Waals surface area contributed by atoms with E-state index in [0.29, 0.717) is 17.7 Å². The van der Waals surface area contributed by atoms with Crippen LogP contribution in [0.2, 0.25) is 0 Å². The smallest absolute Gasteiger partial charge is 0.0558 e. The lowest BCUT2D eigenvalue weighted by Crippen LogP contribution is -2.63. The molecule has 1 heterocycles. The van der Waals surface area contributed by atoms with Crippen molar-refractivity contribution in [3.05, 3.63) is 0 Å². The minimum Gasteiger partial charge on any atom is -0.395 e. The number of hydrogen-bond acceptors (Lipinski definition) is 2. The molecule has 2 nitrogen and oxygen atoms in total. The van der Waals surface area contributed by atoms with E-state index in [1.54, 1.807) is 0 Å². The molecule has 0 atom stereocenters. The van der Waals surface area contributed by atoms with E-state index in [4.69, 9.17) is 0 Å². The fourth-order valence-corrected chi connectivity index (χ4v) is 4.06. The highest BCUT2D eigenvalue weighted by Crippen LogP contribution is 2.45. The Morgan fingerprint density at radius 2 is 1.29 bits per heavy atom. The zero-order valence-electron chi connectivity index (χ0n) is 12.3. The zero-order chi connectivity index (χ0) is 12.9. The van der Waals surface area contributed by atoms with Gasteiger partial charge in [0.2, 0.25) is 0 Å². The van der Waals surface area contributed by atoms with E-state index >= 15 is 0 Å². The number of rotatable bonds is 6. The summed E-state index contributed by atoms with van der Waals surface area (Å²) in [6, 6.07) is 0. The quantitative estimate of drug-likeness (QED) is 0.768. The maximum Gasteiger partial charge on any atom is 0.0558 e.